The van der Waals surface area contributed by atoms with Crippen LogP contribution in [-0.2, 0) is 38.5 Å². The van der Waals surface area contributed by atoms with E-state index in [1.54, 1.807) is 20.8 Å². The molecule has 0 radical (unpaired) electrons. The van der Waals surface area contributed by atoms with Gasteiger partial charge in [0.25, 0.3) is 0 Å². The maximum atomic E-state index is 2.80. The first-order valence-electron chi connectivity index (χ1n) is 27.8. The maximum Gasteiger partial charge on any atom is 0.177 e. The number of hydrogen-bond donors (Lipinski definition) is 0. The second-order valence-corrected chi connectivity index (χ2v) is 25.9. The van der Waals surface area contributed by atoms with Gasteiger partial charge in [0.2, 0.25) is 0 Å². The molecule has 10 rings (SSSR count). The molecule has 0 heterocycles. The Hall–Kier alpha value is -7.32. The molecule has 1 aliphatic rings. The third-order valence-corrected chi connectivity index (χ3v) is 23.4. The van der Waals surface area contributed by atoms with Gasteiger partial charge >= 0.3 is 0 Å². The van der Waals surface area contributed by atoms with Crippen molar-refractivity contribution in [2.45, 2.75) is 108 Å². The molecule has 0 aliphatic heterocycles. The van der Waals surface area contributed by atoms with Gasteiger partial charge in [-0.05, 0) is 228 Å². The molecule has 1 atom stereocenters. The van der Waals surface area contributed by atoms with E-state index in [2.05, 4.69) is 269 Å². The first-order valence-corrected chi connectivity index (χ1v) is 29.8. The van der Waals surface area contributed by atoms with Crippen molar-refractivity contribution >= 4 is 23.6 Å². The highest BCUT2D eigenvalue weighted by atomic mass is 28.3. The molecule has 0 saturated carbocycles. The molecule has 1 aliphatic carbocycles. The second-order valence-electron chi connectivity index (χ2n) is 22.2. The van der Waals surface area contributed by atoms with Crippen LogP contribution in [0.25, 0.3) is 0 Å². The first kappa shape index (κ1) is 52.1. The van der Waals surface area contributed by atoms with Gasteiger partial charge in [-0.25, -0.2) is 0 Å². The van der Waals surface area contributed by atoms with Crippen molar-refractivity contribution in [1.29, 1.82) is 0 Å². The molecule has 76 heavy (non-hydrogen) atoms. The van der Waals surface area contributed by atoms with E-state index in [-0.39, 0.29) is 5.92 Å². The first-order chi connectivity index (χ1) is 36.8. The van der Waals surface area contributed by atoms with Crippen LogP contribution in [0.1, 0.15) is 128 Å². The fourth-order valence-electron chi connectivity index (χ4n) is 13.0. The zero-order chi connectivity index (χ0) is 53.1. The van der Waals surface area contributed by atoms with Crippen LogP contribution in [0.5, 0.6) is 0 Å². The molecule has 0 aromatic heterocycles. The molecular weight excluding hydrogens is 929 g/mol. The lowest BCUT2D eigenvalue weighted by molar-refractivity contribution is 0.851. The Morgan fingerprint density at radius 1 is 0.289 bits per heavy atom. The Morgan fingerprint density at radius 2 is 0.526 bits per heavy atom. The van der Waals surface area contributed by atoms with Crippen LogP contribution in [0.2, 0.25) is 0 Å². The molecule has 0 fully saturated rings. The van der Waals surface area contributed by atoms with Gasteiger partial charge in [0.05, 0.1) is 0 Å². The quantitative estimate of drug-likeness (QED) is 0.0668. The van der Waals surface area contributed by atoms with Crippen molar-refractivity contribution in [1.82, 2.24) is 0 Å². The molecule has 0 amide bonds. The Morgan fingerprint density at radius 3 is 0.750 bits per heavy atom. The summed E-state index contributed by atoms with van der Waals surface area (Å²) in [4.78, 5) is 0. The molecule has 0 nitrogen and oxygen atoms in total. The van der Waals surface area contributed by atoms with Gasteiger partial charge in [0.1, 0.15) is 0 Å². The van der Waals surface area contributed by atoms with E-state index in [9.17, 15) is 0 Å². The highest BCUT2D eigenvalue weighted by molar-refractivity contribution is 7.17. The summed E-state index contributed by atoms with van der Waals surface area (Å²) < 4.78 is 0. The molecule has 0 saturated heterocycles. The monoisotopic (exact) mass is 1000 g/mol. The lowest BCUT2D eigenvalue weighted by Gasteiger charge is -2.44. The maximum absolute atomic E-state index is 3.57. The molecule has 1 heteroatoms. The van der Waals surface area contributed by atoms with Crippen molar-refractivity contribution in [2.24, 2.45) is 5.92 Å². The van der Waals surface area contributed by atoms with Crippen LogP contribution in [-0.4, -0.2) is 8.07 Å². The molecule has 380 valence electrons. The molecule has 0 spiro atoms. The normalized spacial score (nSPS) is 13.7. The van der Waals surface area contributed by atoms with Crippen molar-refractivity contribution in [3.8, 4) is 0 Å². The number of allylic oxidation sites excluding steroid dienone is 4. The van der Waals surface area contributed by atoms with E-state index in [1.165, 1.54) is 117 Å². The van der Waals surface area contributed by atoms with Crippen molar-refractivity contribution in [3.05, 3.63) is 322 Å². The smallest absolute Gasteiger partial charge is 0.0636 e. The Kier molecular flexibility index (Phi) is 15.4. The fraction of sp³-hybridized carbons (Fsp3) is 0.227. The van der Waals surface area contributed by atoms with E-state index in [1.807, 2.05) is 0 Å². The summed E-state index contributed by atoms with van der Waals surface area (Å²) in [5.41, 5.74) is 29.7. The predicted octanol–water partition coefficient (Wildman–Crippen LogP) is 16.4. The van der Waals surface area contributed by atoms with Gasteiger partial charge in [-0.15, -0.1) is 0 Å². The molecule has 9 aromatic rings. The zero-order valence-corrected chi connectivity index (χ0v) is 47.9. The second kappa shape index (κ2) is 22.5. The summed E-state index contributed by atoms with van der Waals surface area (Å²) in [6.45, 7) is 24.6. The van der Waals surface area contributed by atoms with Gasteiger partial charge in [-0.2, -0.15) is 0 Å². The Balaban J connectivity index is 1.48. The van der Waals surface area contributed by atoms with Crippen molar-refractivity contribution < 1.29 is 0 Å². The van der Waals surface area contributed by atoms with E-state index < -0.39 is 8.07 Å². The Bertz CT molecular complexity index is 3240. The van der Waals surface area contributed by atoms with Gasteiger partial charge < -0.3 is 0 Å². The van der Waals surface area contributed by atoms with Crippen LogP contribution in [0.4, 0.5) is 0 Å². The fourth-order valence-corrected chi connectivity index (χ4v) is 19.8. The lowest BCUT2D eigenvalue weighted by Crippen LogP contribution is -2.72. The molecule has 0 N–H and O–H groups in total. The van der Waals surface area contributed by atoms with Crippen LogP contribution < -0.4 is 15.6 Å². The minimum atomic E-state index is -3.57. The van der Waals surface area contributed by atoms with Gasteiger partial charge in [-0.1, -0.05) is 223 Å². The average Bonchev–Trinajstić information content (AvgIpc) is 3.65. The zero-order valence-electron chi connectivity index (χ0n) is 46.9. The van der Waals surface area contributed by atoms with Crippen LogP contribution in [0.3, 0.4) is 0 Å². The predicted molar refractivity (Wildman–Crippen MR) is 328 cm³/mol. The molecule has 0 bridgehead atoms. The van der Waals surface area contributed by atoms with E-state index in [0.717, 1.165) is 38.5 Å². The largest absolute Gasteiger partial charge is 0.177 e. The number of hydrogen-bond acceptors (Lipinski definition) is 0. The van der Waals surface area contributed by atoms with Crippen molar-refractivity contribution in [3.63, 3.8) is 0 Å². The minimum Gasteiger partial charge on any atom is -0.0636 e. The topological polar surface area (TPSA) is 0 Å². The highest BCUT2D eigenvalue weighted by Crippen LogP contribution is 2.44. The molecule has 1 unspecified atom stereocenters. The van der Waals surface area contributed by atoms with Crippen LogP contribution in [0.15, 0.2) is 222 Å². The van der Waals surface area contributed by atoms with Gasteiger partial charge in [0.15, 0.2) is 8.07 Å². The van der Waals surface area contributed by atoms with Crippen LogP contribution >= 0.6 is 0 Å². The van der Waals surface area contributed by atoms with Crippen LogP contribution in [0, 0.1) is 47.5 Å². The average molecular weight is 1010 g/mol. The van der Waals surface area contributed by atoms with E-state index in [4.69, 9.17) is 0 Å². The van der Waals surface area contributed by atoms with E-state index in [0.29, 0.717) is 0 Å². The standard InChI is InChI=1S/C75H76Si/c1-50-51(2)59(10)75(58(50)9)76(72-47-66(41-60-29-17-11-18-30-60)52(3)55(6)69(72)44-63-35-23-14-24-36-63,73-48-67(42-61-31-19-12-20-32-61)53(4)56(7)70(73)45-64-37-25-15-26-38-64)74-49-68(43-62-33-21-13-22-34-62)54(5)57(8)71(74)46-65-39-27-16-28-40-65/h11-40,47-49,58H,41-46H2,1-10H3. The number of rotatable bonds is 16. The highest BCUT2D eigenvalue weighted by Gasteiger charge is 2.52. The van der Waals surface area contributed by atoms with Gasteiger partial charge in [-0.3, -0.25) is 0 Å². The summed E-state index contributed by atoms with van der Waals surface area (Å²) in [5, 5.41) is 6.32. The minimum absolute atomic E-state index is 0.211. The van der Waals surface area contributed by atoms with E-state index >= 15 is 0 Å². The SMILES string of the molecule is CC1=C(C)C(C)C([Si](c2cc(Cc3ccccc3)c(C)c(C)c2Cc2ccccc2)(c2cc(Cc3ccccc3)c(C)c(C)c2Cc2ccccc2)c2cc(Cc3ccccc3)c(C)c(C)c2Cc2ccccc2)=C1C. The third kappa shape index (κ3) is 10.1. The summed E-state index contributed by atoms with van der Waals surface area (Å²) in [5.74, 6) is 0.211. The lowest BCUT2D eigenvalue weighted by atomic mass is 9.90. The number of benzene rings is 9. The Labute approximate surface area is 457 Å². The summed E-state index contributed by atoms with van der Waals surface area (Å²) >= 11 is 0. The molecular formula is C75H76Si. The molecule has 9 aromatic carbocycles. The summed E-state index contributed by atoms with van der Waals surface area (Å²) in [6, 6.07) is 76.2. The summed E-state index contributed by atoms with van der Waals surface area (Å²) in [7, 11) is -3.57. The van der Waals surface area contributed by atoms with Crippen molar-refractivity contribution in [2.75, 3.05) is 0 Å². The van der Waals surface area contributed by atoms with Gasteiger partial charge in [0, 0.05) is 0 Å². The third-order valence-electron chi connectivity index (χ3n) is 18.1. The summed E-state index contributed by atoms with van der Waals surface area (Å²) in [6.07, 6.45) is 5.15.